The lowest BCUT2D eigenvalue weighted by Crippen LogP contribution is -2.36. The number of ether oxygens (including phenoxy) is 3. The van der Waals surface area contributed by atoms with E-state index in [4.69, 9.17) is 14.2 Å². The maximum Gasteiger partial charge on any atom is 0.389 e. The SMILES string of the molecule is O=C(C#CCN1CCOCC1)Oc1ccc2ncnc(Nc3ccc(OCc4ccccc4)cc3)c2c1. The molecule has 0 saturated carbocycles. The molecule has 4 aromatic rings. The lowest BCUT2D eigenvalue weighted by molar-refractivity contribution is -0.128. The number of aromatic nitrogens is 2. The maximum absolute atomic E-state index is 12.2. The standard InChI is InChI=1S/C29H26N4O4/c34-28(7-4-14-33-15-17-35-18-16-33)37-25-12-13-27-26(19-25)29(31-21-30-27)32-23-8-10-24(11-9-23)36-20-22-5-2-1-3-6-22/h1-3,5-6,8-13,19,21H,14-18,20H2,(H,30,31,32). The molecule has 1 fully saturated rings. The maximum atomic E-state index is 12.2. The van der Waals surface area contributed by atoms with E-state index in [9.17, 15) is 4.79 Å². The molecule has 0 atom stereocenters. The summed E-state index contributed by atoms with van der Waals surface area (Å²) >= 11 is 0. The van der Waals surface area contributed by atoms with Crippen molar-refractivity contribution < 1.29 is 19.0 Å². The van der Waals surface area contributed by atoms with Crippen molar-refractivity contribution >= 4 is 28.4 Å². The van der Waals surface area contributed by atoms with Gasteiger partial charge in [0.25, 0.3) is 0 Å². The van der Waals surface area contributed by atoms with Gasteiger partial charge >= 0.3 is 5.97 Å². The fourth-order valence-electron chi connectivity index (χ4n) is 3.83. The molecule has 0 bridgehead atoms. The van der Waals surface area contributed by atoms with Gasteiger partial charge in [0.1, 0.15) is 30.3 Å². The molecular formula is C29H26N4O4. The van der Waals surface area contributed by atoms with Gasteiger partial charge in [-0.05, 0) is 48.0 Å². The first kappa shape index (κ1) is 24.3. The molecule has 0 spiro atoms. The highest BCUT2D eigenvalue weighted by atomic mass is 16.5. The minimum absolute atomic E-state index is 0.376. The summed E-state index contributed by atoms with van der Waals surface area (Å²) in [6, 6.07) is 22.9. The predicted octanol–water partition coefficient (Wildman–Crippen LogP) is 4.19. The fraction of sp³-hybridized carbons (Fsp3) is 0.207. The molecule has 2 heterocycles. The number of nitrogens with one attached hydrogen (secondary N) is 1. The summed E-state index contributed by atoms with van der Waals surface area (Å²) < 4.78 is 16.6. The topological polar surface area (TPSA) is 85.8 Å². The summed E-state index contributed by atoms with van der Waals surface area (Å²) in [5.74, 6) is 6.57. The van der Waals surface area contributed by atoms with Crippen molar-refractivity contribution in [1.82, 2.24) is 14.9 Å². The molecule has 1 aromatic heterocycles. The van der Waals surface area contributed by atoms with Crippen molar-refractivity contribution in [2.75, 3.05) is 38.2 Å². The number of esters is 1. The molecule has 8 heteroatoms. The van der Waals surface area contributed by atoms with E-state index in [0.717, 1.165) is 41.0 Å². The Balaban J connectivity index is 1.23. The Morgan fingerprint density at radius 2 is 1.76 bits per heavy atom. The number of carbonyl (C=O) groups excluding carboxylic acids is 1. The molecule has 3 aromatic carbocycles. The molecule has 37 heavy (non-hydrogen) atoms. The Morgan fingerprint density at radius 1 is 0.973 bits per heavy atom. The molecule has 8 nitrogen and oxygen atoms in total. The van der Waals surface area contributed by atoms with Crippen molar-refractivity contribution in [3.05, 3.63) is 84.7 Å². The molecule has 1 aliphatic heterocycles. The molecule has 1 N–H and O–H groups in total. The number of anilines is 2. The summed E-state index contributed by atoms with van der Waals surface area (Å²) in [5.41, 5.74) is 2.67. The molecule has 1 saturated heterocycles. The van der Waals surface area contributed by atoms with Crippen LogP contribution in [-0.4, -0.2) is 53.7 Å². The van der Waals surface area contributed by atoms with Crippen molar-refractivity contribution in [2.24, 2.45) is 0 Å². The van der Waals surface area contributed by atoms with Gasteiger partial charge in [-0.3, -0.25) is 4.90 Å². The second kappa shape index (κ2) is 12.0. The van der Waals surface area contributed by atoms with Gasteiger partial charge in [0.2, 0.25) is 0 Å². The first-order valence-corrected chi connectivity index (χ1v) is 12.0. The number of rotatable bonds is 7. The number of nitrogens with zero attached hydrogens (tertiary/aromatic N) is 3. The largest absolute Gasteiger partial charge is 0.489 e. The lowest BCUT2D eigenvalue weighted by Gasteiger charge is -2.24. The number of hydrogen-bond donors (Lipinski definition) is 1. The Labute approximate surface area is 215 Å². The fourth-order valence-corrected chi connectivity index (χ4v) is 3.83. The Kier molecular flexibility index (Phi) is 7.86. The molecule has 1 aliphatic rings. The third-order valence-electron chi connectivity index (χ3n) is 5.78. The first-order chi connectivity index (χ1) is 18.2. The number of fused-ring (bicyclic) bond motifs is 1. The van der Waals surface area contributed by atoms with Crippen LogP contribution in [0.5, 0.6) is 11.5 Å². The van der Waals surface area contributed by atoms with Crippen LogP contribution in [0.1, 0.15) is 5.56 Å². The molecular weight excluding hydrogens is 468 g/mol. The van der Waals surface area contributed by atoms with Crippen LogP contribution in [0.25, 0.3) is 10.9 Å². The molecule has 0 radical (unpaired) electrons. The smallest absolute Gasteiger partial charge is 0.389 e. The average molecular weight is 495 g/mol. The van der Waals surface area contributed by atoms with E-state index in [1.54, 1.807) is 18.2 Å². The second-order valence-corrected chi connectivity index (χ2v) is 8.40. The number of morpholine rings is 1. The van der Waals surface area contributed by atoms with Gasteiger partial charge in [0, 0.05) is 30.1 Å². The number of hydrogen-bond acceptors (Lipinski definition) is 8. The van der Waals surface area contributed by atoms with Crippen LogP contribution in [0, 0.1) is 11.8 Å². The van der Waals surface area contributed by atoms with Crippen molar-refractivity contribution in [3.63, 3.8) is 0 Å². The van der Waals surface area contributed by atoms with Crippen LogP contribution in [0.3, 0.4) is 0 Å². The van der Waals surface area contributed by atoms with Crippen LogP contribution in [0.15, 0.2) is 79.1 Å². The highest BCUT2D eigenvalue weighted by molar-refractivity contribution is 5.94. The van der Waals surface area contributed by atoms with Crippen molar-refractivity contribution in [2.45, 2.75) is 6.61 Å². The highest BCUT2D eigenvalue weighted by Gasteiger charge is 2.10. The normalized spacial score (nSPS) is 13.4. The second-order valence-electron chi connectivity index (χ2n) is 8.40. The van der Waals surface area contributed by atoms with Crippen LogP contribution < -0.4 is 14.8 Å². The van der Waals surface area contributed by atoms with Gasteiger partial charge in [-0.15, -0.1) is 0 Å². The molecule has 186 valence electrons. The minimum Gasteiger partial charge on any atom is -0.489 e. The Morgan fingerprint density at radius 3 is 2.57 bits per heavy atom. The average Bonchev–Trinajstić information content (AvgIpc) is 2.94. The summed E-state index contributed by atoms with van der Waals surface area (Å²) in [4.78, 5) is 23.1. The number of benzene rings is 3. The molecule has 0 amide bonds. The van der Waals surface area contributed by atoms with E-state index in [-0.39, 0.29) is 0 Å². The van der Waals surface area contributed by atoms with E-state index in [0.29, 0.717) is 37.9 Å². The summed E-state index contributed by atoms with van der Waals surface area (Å²) in [6.45, 7) is 4.01. The van der Waals surface area contributed by atoms with Crippen molar-refractivity contribution in [1.29, 1.82) is 0 Å². The first-order valence-electron chi connectivity index (χ1n) is 12.0. The van der Waals surface area contributed by atoms with Crippen LogP contribution >= 0.6 is 0 Å². The van der Waals surface area contributed by atoms with Gasteiger partial charge in [-0.25, -0.2) is 14.8 Å². The van der Waals surface area contributed by atoms with Gasteiger partial charge in [-0.2, -0.15) is 0 Å². The zero-order chi connectivity index (χ0) is 25.3. The zero-order valence-electron chi connectivity index (χ0n) is 20.2. The number of carbonyl (C=O) groups is 1. The lowest BCUT2D eigenvalue weighted by atomic mass is 10.2. The van der Waals surface area contributed by atoms with E-state index >= 15 is 0 Å². The van der Waals surface area contributed by atoms with E-state index < -0.39 is 5.97 Å². The third-order valence-corrected chi connectivity index (χ3v) is 5.78. The van der Waals surface area contributed by atoms with Gasteiger partial charge in [-0.1, -0.05) is 36.3 Å². The highest BCUT2D eigenvalue weighted by Crippen LogP contribution is 2.27. The molecule has 0 unspecified atom stereocenters. The monoisotopic (exact) mass is 494 g/mol. The van der Waals surface area contributed by atoms with Crippen LogP contribution in [0.2, 0.25) is 0 Å². The van der Waals surface area contributed by atoms with E-state index in [2.05, 4.69) is 32.0 Å². The van der Waals surface area contributed by atoms with Crippen LogP contribution in [-0.2, 0) is 16.1 Å². The Hall–Kier alpha value is -4.45. The Bertz CT molecular complexity index is 1410. The summed E-state index contributed by atoms with van der Waals surface area (Å²) in [5, 5.41) is 4.03. The summed E-state index contributed by atoms with van der Waals surface area (Å²) in [7, 11) is 0. The van der Waals surface area contributed by atoms with E-state index in [1.807, 2.05) is 54.6 Å². The minimum atomic E-state index is -0.606. The predicted molar refractivity (Wildman–Crippen MR) is 141 cm³/mol. The van der Waals surface area contributed by atoms with Crippen LogP contribution in [0.4, 0.5) is 11.5 Å². The van der Waals surface area contributed by atoms with Gasteiger partial charge in [0.05, 0.1) is 25.3 Å². The van der Waals surface area contributed by atoms with Gasteiger partial charge < -0.3 is 19.5 Å². The van der Waals surface area contributed by atoms with Gasteiger partial charge in [0.15, 0.2) is 0 Å². The molecule has 5 rings (SSSR count). The quantitative estimate of drug-likeness (QED) is 0.177. The van der Waals surface area contributed by atoms with Crippen molar-refractivity contribution in [3.8, 4) is 23.3 Å². The van der Waals surface area contributed by atoms with E-state index in [1.165, 1.54) is 6.33 Å². The summed E-state index contributed by atoms with van der Waals surface area (Å²) in [6.07, 6.45) is 1.49. The molecule has 0 aliphatic carbocycles. The third kappa shape index (κ3) is 6.82. The zero-order valence-corrected chi connectivity index (χ0v) is 20.2.